The molecule has 0 unspecified atom stereocenters. The summed E-state index contributed by atoms with van der Waals surface area (Å²) in [6, 6.07) is 6.47. The van der Waals surface area contributed by atoms with Crippen LogP contribution in [0.1, 0.15) is 115 Å². The Bertz CT molecular complexity index is 530. The number of hydrogen-bond donors (Lipinski definition) is 0. The number of terminal acetylenes is 1. The summed E-state index contributed by atoms with van der Waals surface area (Å²) in [4.78, 5) is 10.0. The Morgan fingerprint density at radius 2 is 1.25 bits per heavy atom. The van der Waals surface area contributed by atoms with E-state index in [4.69, 9.17) is 16.2 Å². The van der Waals surface area contributed by atoms with E-state index in [0.29, 0.717) is 0 Å². The lowest BCUT2D eigenvalue weighted by Gasteiger charge is -2.11. The first-order valence-corrected chi connectivity index (χ1v) is 11.7. The number of benzene rings is 1. The number of unbranched alkanes of at least 4 members (excludes halogenated alkanes) is 12. The summed E-state index contributed by atoms with van der Waals surface area (Å²) in [5, 5.41) is 0. The van der Waals surface area contributed by atoms with E-state index in [-0.39, 0.29) is 0 Å². The van der Waals surface area contributed by atoms with Crippen LogP contribution in [0.3, 0.4) is 0 Å². The van der Waals surface area contributed by atoms with Crippen LogP contribution < -0.4 is 4.89 Å². The van der Waals surface area contributed by atoms with Crippen LogP contribution in [0.15, 0.2) is 18.2 Å². The largest absolute Gasteiger partial charge is 0.281 e. The van der Waals surface area contributed by atoms with Gasteiger partial charge >= 0.3 is 0 Å². The van der Waals surface area contributed by atoms with Gasteiger partial charge in [-0.2, -0.15) is 0 Å². The molecule has 0 aliphatic carbocycles. The van der Waals surface area contributed by atoms with E-state index < -0.39 is 0 Å². The molecule has 0 fully saturated rings. The number of rotatable bonds is 18. The van der Waals surface area contributed by atoms with Crippen molar-refractivity contribution in [3.63, 3.8) is 0 Å². The molecule has 1 rings (SSSR count). The van der Waals surface area contributed by atoms with Gasteiger partial charge in [-0.05, 0) is 42.9 Å². The summed E-state index contributed by atoms with van der Waals surface area (Å²) in [5.41, 5.74) is 2.63. The van der Waals surface area contributed by atoms with Crippen LogP contribution in [-0.2, 0) is 17.7 Å². The molecule has 0 N–H and O–H groups in total. The van der Waals surface area contributed by atoms with Crippen LogP contribution in [0.5, 0.6) is 5.75 Å². The zero-order valence-electron chi connectivity index (χ0n) is 18.4. The first-order chi connectivity index (χ1) is 13.8. The van der Waals surface area contributed by atoms with E-state index in [9.17, 15) is 0 Å². The first-order valence-electron chi connectivity index (χ1n) is 11.7. The summed E-state index contributed by atoms with van der Waals surface area (Å²) in [5.74, 6) is 0.771. The van der Waals surface area contributed by atoms with Gasteiger partial charge < -0.3 is 0 Å². The fraction of sp³-hybridized carbons (Fsp3) is 0.692. The van der Waals surface area contributed by atoms with E-state index in [0.717, 1.165) is 18.6 Å². The molecule has 0 saturated heterocycles. The molecule has 2 heteroatoms. The molecule has 0 atom stereocenters. The minimum atomic E-state index is 0.771. The second-order valence-electron chi connectivity index (χ2n) is 7.97. The van der Waals surface area contributed by atoms with Gasteiger partial charge in [0.1, 0.15) is 0 Å². The summed E-state index contributed by atoms with van der Waals surface area (Å²) in [7, 11) is 0. The minimum absolute atomic E-state index is 0.771. The molecule has 0 amide bonds. The Morgan fingerprint density at radius 3 is 1.82 bits per heavy atom. The lowest BCUT2D eigenvalue weighted by Crippen LogP contribution is -1.98. The zero-order valence-corrected chi connectivity index (χ0v) is 18.4. The highest BCUT2D eigenvalue weighted by molar-refractivity contribution is 5.37. The van der Waals surface area contributed by atoms with Crippen LogP contribution in [0.25, 0.3) is 0 Å². The average Bonchev–Trinajstić information content (AvgIpc) is 2.71. The van der Waals surface area contributed by atoms with Crippen molar-refractivity contribution in [2.45, 2.75) is 117 Å². The van der Waals surface area contributed by atoms with Gasteiger partial charge in [-0.15, -0.1) is 0 Å². The Morgan fingerprint density at radius 1 is 0.714 bits per heavy atom. The highest BCUT2D eigenvalue weighted by Gasteiger charge is 2.07. The second-order valence-corrected chi connectivity index (χ2v) is 7.97. The monoisotopic (exact) mass is 386 g/mol. The molecule has 1 aromatic rings. The lowest BCUT2D eigenvalue weighted by molar-refractivity contribution is -0.134. The fourth-order valence-corrected chi connectivity index (χ4v) is 3.69. The van der Waals surface area contributed by atoms with E-state index in [1.807, 2.05) is 6.07 Å². The molecule has 2 nitrogen and oxygen atoms in total. The molecular formula is C26H42O2. The van der Waals surface area contributed by atoms with Crippen LogP contribution >= 0.6 is 0 Å². The van der Waals surface area contributed by atoms with Gasteiger partial charge in [0, 0.05) is 0 Å². The Labute approximate surface area is 174 Å². The van der Waals surface area contributed by atoms with Crippen LogP contribution in [-0.4, -0.2) is 0 Å². The van der Waals surface area contributed by atoms with Gasteiger partial charge in [0.25, 0.3) is 0 Å². The van der Waals surface area contributed by atoms with Crippen molar-refractivity contribution in [2.24, 2.45) is 0 Å². The maximum absolute atomic E-state index is 5.30. The van der Waals surface area contributed by atoms with Gasteiger partial charge in [0.2, 0.25) is 0 Å². The number of hydrogen-bond acceptors (Lipinski definition) is 2. The van der Waals surface area contributed by atoms with Crippen molar-refractivity contribution in [2.75, 3.05) is 0 Å². The van der Waals surface area contributed by atoms with Gasteiger partial charge in [-0.1, -0.05) is 109 Å². The minimum Gasteiger partial charge on any atom is -0.281 e. The Hall–Kier alpha value is -1.62. The van der Waals surface area contributed by atoms with E-state index in [1.165, 1.54) is 101 Å². The van der Waals surface area contributed by atoms with Crippen LogP contribution in [0, 0.1) is 12.5 Å². The second kappa shape index (κ2) is 17.5. The molecule has 158 valence electrons. The van der Waals surface area contributed by atoms with Crippen molar-refractivity contribution in [1.82, 2.24) is 0 Å². The topological polar surface area (TPSA) is 18.5 Å². The quantitative estimate of drug-likeness (QED) is 0.110. The van der Waals surface area contributed by atoms with Gasteiger partial charge in [0.05, 0.1) is 0 Å². The molecule has 0 saturated carbocycles. The fourth-order valence-electron chi connectivity index (χ4n) is 3.69. The van der Waals surface area contributed by atoms with Crippen molar-refractivity contribution < 1.29 is 9.78 Å². The summed E-state index contributed by atoms with van der Waals surface area (Å²) >= 11 is 0. The highest BCUT2D eigenvalue weighted by Crippen LogP contribution is 2.24. The normalized spacial score (nSPS) is 10.6. The maximum atomic E-state index is 5.30. The molecule has 0 heterocycles. The summed E-state index contributed by atoms with van der Waals surface area (Å²) in [6.07, 6.45) is 28.1. The zero-order chi connectivity index (χ0) is 20.3. The highest BCUT2D eigenvalue weighted by atomic mass is 17.2. The van der Waals surface area contributed by atoms with Crippen molar-refractivity contribution in [3.05, 3.63) is 29.3 Å². The third-order valence-corrected chi connectivity index (χ3v) is 5.42. The molecule has 0 aromatic heterocycles. The molecule has 0 radical (unpaired) electrons. The first kappa shape index (κ1) is 24.4. The lowest BCUT2D eigenvalue weighted by atomic mass is 9.99. The standard InChI is InChI=1S/C26H42O2/c1-4-7-9-11-13-15-17-19-24-21-22-26(28-27-6-3)25(23-24)20-18-16-14-12-10-8-5-2/h3,21-23H,4-5,7-20H2,1-2H3. The van der Waals surface area contributed by atoms with Gasteiger partial charge in [0.15, 0.2) is 11.9 Å². The Balaban J connectivity index is 2.40. The SMILES string of the molecule is C#COOc1ccc(CCCCCCCCC)cc1CCCCCCCCC. The summed E-state index contributed by atoms with van der Waals surface area (Å²) in [6.45, 7) is 4.53. The smallest absolute Gasteiger partial charge is 0.182 e. The molecule has 0 aliphatic heterocycles. The van der Waals surface area contributed by atoms with Gasteiger partial charge in [-0.3, -0.25) is 4.89 Å². The third kappa shape index (κ3) is 12.0. The molecule has 0 spiro atoms. The summed E-state index contributed by atoms with van der Waals surface area (Å²) < 4.78 is 0. The van der Waals surface area contributed by atoms with Crippen LogP contribution in [0.4, 0.5) is 0 Å². The predicted molar refractivity (Wildman–Crippen MR) is 120 cm³/mol. The average molecular weight is 387 g/mol. The van der Waals surface area contributed by atoms with Gasteiger partial charge in [-0.25, -0.2) is 4.89 Å². The maximum Gasteiger partial charge on any atom is 0.182 e. The Kier molecular flexibility index (Phi) is 15.2. The molecule has 0 aliphatic rings. The van der Waals surface area contributed by atoms with Crippen molar-refractivity contribution >= 4 is 0 Å². The van der Waals surface area contributed by atoms with Crippen LogP contribution in [0.2, 0.25) is 0 Å². The van der Waals surface area contributed by atoms with Crippen molar-refractivity contribution in [1.29, 1.82) is 0 Å². The van der Waals surface area contributed by atoms with Crippen molar-refractivity contribution in [3.8, 4) is 18.3 Å². The van der Waals surface area contributed by atoms with E-state index in [1.54, 1.807) is 0 Å². The third-order valence-electron chi connectivity index (χ3n) is 5.42. The molecular weight excluding hydrogens is 344 g/mol. The molecule has 28 heavy (non-hydrogen) atoms. The number of aryl methyl sites for hydroxylation is 2. The predicted octanol–water partition coefficient (Wildman–Crippen LogP) is 8.17. The van der Waals surface area contributed by atoms with E-state index >= 15 is 0 Å². The molecule has 0 bridgehead atoms. The van der Waals surface area contributed by atoms with E-state index in [2.05, 4.69) is 32.1 Å². The molecule has 1 aromatic carbocycles.